The molecule has 7 nitrogen and oxygen atoms in total. The van der Waals surface area contributed by atoms with Crippen molar-refractivity contribution in [3.05, 3.63) is 75.6 Å². The van der Waals surface area contributed by atoms with E-state index in [2.05, 4.69) is 10.2 Å². The maximum Gasteiger partial charge on any atom is 0.342 e. The Morgan fingerprint density at radius 3 is 2.83 bits per heavy atom. The predicted octanol–water partition coefficient (Wildman–Crippen LogP) is 2.61. The van der Waals surface area contributed by atoms with Gasteiger partial charge in [-0.25, -0.2) is 4.79 Å². The van der Waals surface area contributed by atoms with E-state index in [-0.39, 0.29) is 11.7 Å². The van der Waals surface area contributed by atoms with Crippen LogP contribution < -0.4 is 10.9 Å². The van der Waals surface area contributed by atoms with Gasteiger partial charge >= 0.3 is 5.63 Å². The maximum absolute atomic E-state index is 12.6. The Labute approximate surface area is 173 Å². The van der Waals surface area contributed by atoms with Crippen molar-refractivity contribution in [2.75, 3.05) is 32.8 Å². The number of aromatic hydroxyl groups is 1. The number of fused-ring (bicyclic) bond motifs is 1. The zero-order chi connectivity index (χ0) is 21.1. The second-order valence-electron chi connectivity index (χ2n) is 7.39. The monoisotopic (exact) mass is 408 g/mol. The van der Waals surface area contributed by atoms with Crippen LogP contribution in [0.1, 0.15) is 27.6 Å². The largest absolute Gasteiger partial charge is 0.508 e. The molecule has 3 aromatic rings. The second kappa shape index (κ2) is 8.69. The number of hydrogen-bond acceptors (Lipinski definition) is 6. The van der Waals surface area contributed by atoms with Crippen molar-refractivity contribution in [2.24, 2.45) is 0 Å². The van der Waals surface area contributed by atoms with Crippen LogP contribution in [0.4, 0.5) is 0 Å². The summed E-state index contributed by atoms with van der Waals surface area (Å²) in [5, 5.41) is 13.3. The molecule has 0 bridgehead atoms. The van der Waals surface area contributed by atoms with Gasteiger partial charge in [-0.1, -0.05) is 18.2 Å². The molecule has 1 aliphatic rings. The lowest BCUT2D eigenvalue weighted by Crippen LogP contribution is -2.43. The zero-order valence-corrected chi connectivity index (χ0v) is 16.8. The third-order valence-electron chi connectivity index (χ3n) is 5.42. The first-order valence-electron chi connectivity index (χ1n) is 9.96. The van der Waals surface area contributed by atoms with Crippen LogP contribution in [0.15, 0.2) is 57.7 Å². The summed E-state index contributed by atoms with van der Waals surface area (Å²) in [6.45, 7) is 4.78. The molecule has 0 saturated carbocycles. The van der Waals surface area contributed by atoms with E-state index in [1.165, 1.54) is 6.07 Å². The molecule has 1 fully saturated rings. The van der Waals surface area contributed by atoms with Crippen LogP contribution in [-0.4, -0.2) is 48.7 Å². The number of aryl methyl sites for hydroxylation is 1. The quantitative estimate of drug-likeness (QED) is 0.631. The summed E-state index contributed by atoms with van der Waals surface area (Å²) in [5.74, 6) is -0.0508. The van der Waals surface area contributed by atoms with Crippen molar-refractivity contribution in [3.63, 3.8) is 0 Å². The number of ether oxygens (including phenoxy) is 1. The van der Waals surface area contributed by atoms with Crippen LogP contribution in [0.2, 0.25) is 0 Å². The molecule has 1 aliphatic heterocycles. The number of carbonyl (C=O) groups excluding carboxylic acids is 1. The number of morpholine rings is 1. The highest BCUT2D eigenvalue weighted by molar-refractivity contribution is 5.94. The minimum absolute atomic E-state index is 0.0513. The molecule has 1 aromatic heterocycles. The van der Waals surface area contributed by atoms with Gasteiger partial charge in [0, 0.05) is 43.2 Å². The minimum atomic E-state index is -0.449. The van der Waals surface area contributed by atoms with Gasteiger partial charge in [-0.2, -0.15) is 0 Å². The molecule has 2 heterocycles. The lowest BCUT2D eigenvalue weighted by Gasteiger charge is -2.33. The first-order valence-corrected chi connectivity index (χ1v) is 9.96. The number of phenols is 1. The Kier molecular flexibility index (Phi) is 5.83. The third-order valence-corrected chi connectivity index (χ3v) is 5.42. The van der Waals surface area contributed by atoms with Gasteiger partial charge in [0.05, 0.1) is 12.2 Å². The molecule has 1 amide bonds. The third kappa shape index (κ3) is 4.22. The summed E-state index contributed by atoms with van der Waals surface area (Å²) in [4.78, 5) is 27.0. The molecular weight excluding hydrogens is 384 g/mol. The Balaban J connectivity index is 1.43. The molecule has 30 heavy (non-hydrogen) atoms. The lowest BCUT2D eigenvalue weighted by atomic mass is 10.0. The topological polar surface area (TPSA) is 92.0 Å². The highest BCUT2D eigenvalue weighted by Crippen LogP contribution is 2.29. The first-order chi connectivity index (χ1) is 14.5. The number of rotatable bonds is 5. The van der Waals surface area contributed by atoms with E-state index in [1.54, 1.807) is 24.3 Å². The molecule has 1 unspecified atom stereocenters. The first kappa shape index (κ1) is 20.1. The number of benzene rings is 2. The highest BCUT2D eigenvalue weighted by Gasteiger charge is 2.27. The van der Waals surface area contributed by atoms with Crippen LogP contribution in [0.3, 0.4) is 0 Å². The molecule has 0 aliphatic carbocycles. The van der Waals surface area contributed by atoms with Gasteiger partial charge in [-0.05, 0) is 36.8 Å². The average molecular weight is 408 g/mol. The summed E-state index contributed by atoms with van der Waals surface area (Å²) >= 11 is 0. The second-order valence-corrected chi connectivity index (χ2v) is 7.39. The van der Waals surface area contributed by atoms with Crippen LogP contribution in [-0.2, 0) is 4.74 Å². The van der Waals surface area contributed by atoms with Crippen molar-refractivity contribution in [3.8, 4) is 5.75 Å². The van der Waals surface area contributed by atoms with Crippen LogP contribution in [0.25, 0.3) is 11.0 Å². The van der Waals surface area contributed by atoms with Gasteiger partial charge in [0.15, 0.2) is 0 Å². The molecule has 2 aromatic carbocycles. The van der Waals surface area contributed by atoms with E-state index < -0.39 is 11.7 Å². The molecule has 1 atom stereocenters. The van der Waals surface area contributed by atoms with E-state index in [1.807, 2.05) is 25.1 Å². The van der Waals surface area contributed by atoms with Gasteiger partial charge < -0.3 is 19.6 Å². The van der Waals surface area contributed by atoms with Crippen LogP contribution >= 0.6 is 0 Å². The summed E-state index contributed by atoms with van der Waals surface area (Å²) in [6, 6.07) is 13.9. The number of hydrogen-bond donors (Lipinski definition) is 2. The predicted molar refractivity (Wildman–Crippen MR) is 113 cm³/mol. The van der Waals surface area contributed by atoms with E-state index >= 15 is 0 Å². The zero-order valence-electron chi connectivity index (χ0n) is 16.8. The fraction of sp³-hybridized carbons (Fsp3) is 0.304. The standard InChI is InChI=1S/C23H24N2O5/c1-15-18-8-7-17(26)13-19(18)30-23(28)21(15)20-14-25(11-12-29-20)10-9-24-22(27)16-5-3-2-4-6-16/h2-8,13,20,26H,9-12,14H2,1H3,(H,24,27). The van der Waals surface area contributed by atoms with Crippen LogP contribution in [0.5, 0.6) is 5.75 Å². The Morgan fingerprint density at radius 1 is 1.23 bits per heavy atom. The molecule has 4 rings (SSSR count). The summed E-state index contributed by atoms with van der Waals surface area (Å²) < 4.78 is 11.3. The van der Waals surface area contributed by atoms with Crippen molar-refractivity contribution < 1.29 is 19.1 Å². The lowest BCUT2D eigenvalue weighted by molar-refractivity contribution is -0.0309. The summed E-state index contributed by atoms with van der Waals surface area (Å²) in [5.41, 5.74) is 1.84. The van der Waals surface area contributed by atoms with Gasteiger partial charge in [-0.15, -0.1) is 0 Å². The van der Waals surface area contributed by atoms with E-state index in [4.69, 9.17) is 9.15 Å². The smallest absolute Gasteiger partial charge is 0.342 e. The average Bonchev–Trinajstić information content (AvgIpc) is 2.74. The van der Waals surface area contributed by atoms with Crippen molar-refractivity contribution in [1.82, 2.24) is 10.2 Å². The Hall–Kier alpha value is -3.16. The van der Waals surface area contributed by atoms with E-state index in [9.17, 15) is 14.7 Å². The number of nitrogens with zero attached hydrogens (tertiary/aromatic N) is 1. The van der Waals surface area contributed by atoms with Gasteiger partial charge in [-0.3, -0.25) is 9.69 Å². The number of amides is 1. The molecule has 156 valence electrons. The number of carbonyl (C=O) groups is 1. The minimum Gasteiger partial charge on any atom is -0.508 e. The normalized spacial score (nSPS) is 17.2. The fourth-order valence-electron chi connectivity index (χ4n) is 3.83. The van der Waals surface area contributed by atoms with E-state index in [0.29, 0.717) is 43.0 Å². The van der Waals surface area contributed by atoms with Gasteiger partial charge in [0.2, 0.25) is 0 Å². The number of nitrogens with one attached hydrogen (secondary N) is 1. The van der Waals surface area contributed by atoms with Crippen molar-refractivity contribution >= 4 is 16.9 Å². The molecule has 2 N–H and O–H groups in total. The molecular formula is C23H24N2O5. The van der Waals surface area contributed by atoms with Gasteiger partial charge in [0.25, 0.3) is 5.91 Å². The Morgan fingerprint density at radius 2 is 2.03 bits per heavy atom. The Bertz CT molecular complexity index is 1110. The van der Waals surface area contributed by atoms with Crippen molar-refractivity contribution in [2.45, 2.75) is 13.0 Å². The molecule has 7 heteroatoms. The van der Waals surface area contributed by atoms with Crippen molar-refractivity contribution in [1.29, 1.82) is 0 Å². The molecule has 1 saturated heterocycles. The van der Waals surface area contributed by atoms with Crippen LogP contribution in [0, 0.1) is 6.92 Å². The maximum atomic E-state index is 12.6. The number of phenolic OH excluding ortho intramolecular Hbond substituents is 1. The van der Waals surface area contributed by atoms with E-state index in [0.717, 1.165) is 17.5 Å². The summed E-state index contributed by atoms with van der Waals surface area (Å²) in [6.07, 6.45) is -0.405. The molecule has 0 radical (unpaired) electrons. The van der Waals surface area contributed by atoms with Gasteiger partial charge in [0.1, 0.15) is 17.4 Å². The summed E-state index contributed by atoms with van der Waals surface area (Å²) in [7, 11) is 0. The molecule has 0 spiro atoms. The fourth-order valence-corrected chi connectivity index (χ4v) is 3.83. The highest BCUT2D eigenvalue weighted by atomic mass is 16.5. The SMILES string of the molecule is Cc1c(C2CN(CCNC(=O)c3ccccc3)CCO2)c(=O)oc2cc(O)ccc12.